The molecular formula is C49H82NO8P. The van der Waals surface area contributed by atoms with E-state index in [0.717, 1.165) is 128 Å². The van der Waals surface area contributed by atoms with Gasteiger partial charge in [0.15, 0.2) is 6.10 Å². The van der Waals surface area contributed by atoms with Crippen LogP contribution in [0.4, 0.5) is 0 Å². The van der Waals surface area contributed by atoms with Crippen LogP contribution in [0.1, 0.15) is 168 Å². The monoisotopic (exact) mass is 844 g/mol. The van der Waals surface area contributed by atoms with Crippen molar-refractivity contribution in [2.45, 2.75) is 174 Å². The highest BCUT2D eigenvalue weighted by Crippen LogP contribution is 2.43. The van der Waals surface area contributed by atoms with Crippen molar-refractivity contribution in [2.24, 2.45) is 5.73 Å². The molecule has 3 N–H and O–H groups in total. The quantitative estimate of drug-likeness (QED) is 0.0267. The number of rotatable bonds is 41. The first-order chi connectivity index (χ1) is 28.8. The standard InChI is InChI=1S/C49H82NO8P/c1-3-5-7-9-11-13-15-17-19-21-23-25-27-29-31-33-35-37-39-41-48(51)55-45-47(46-57-59(53,54)56-44-43-50)58-49(52)42-40-38-36-34-32-30-28-26-24-22-20-18-16-14-12-10-8-6-4-2/h5-8,11-14,17-20,23-26,47H,3-4,9-10,15-16,21-22,27-46,50H2,1-2H3,(H,53,54)/b7-5-,8-6-,13-11-,14-12-,19-17-,20-18-,25-23-,26-24-. The van der Waals surface area contributed by atoms with Crippen LogP contribution in [0.3, 0.4) is 0 Å². The molecule has 0 fully saturated rings. The van der Waals surface area contributed by atoms with Crippen molar-refractivity contribution in [1.82, 2.24) is 0 Å². The second kappa shape index (κ2) is 44.5. The number of unbranched alkanes of at least 4 members (excludes halogenated alkanes) is 12. The van der Waals surface area contributed by atoms with Crippen LogP contribution < -0.4 is 5.73 Å². The maximum Gasteiger partial charge on any atom is 0.472 e. The molecule has 0 aliphatic carbocycles. The lowest BCUT2D eigenvalue weighted by molar-refractivity contribution is -0.161. The first kappa shape index (κ1) is 55.9. The van der Waals surface area contributed by atoms with Gasteiger partial charge in [-0.15, -0.1) is 0 Å². The third-order valence-corrected chi connectivity index (χ3v) is 9.95. The summed E-state index contributed by atoms with van der Waals surface area (Å²) in [5.41, 5.74) is 5.35. The molecule has 59 heavy (non-hydrogen) atoms. The first-order valence-corrected chi connectivity index (χ1v) is 24.2. The van der Waals surface area contributed by atoms with Crippen molar-refractivity contribution in [2.75, 3.05) is 26.4 Å². The van der Waals surface area contributed by atoms with E-state index in [1.807, 2.05) is 0 Å². The zero-order valence-corrected chi connectivity index (χ0v) is 37.8. The van der Waals surface area contributed by atoms with E-state index in [1.165, 1.54) is 0 Å². The second-order valence-corrected chi connectivity index (χ2v) is 16.0. The third-order valence-electron chi connectivity index (χ3n) is 8.97. The smallest absolute Gasteiger partial charge is 0.462 e. The van der Waals surface area contributed by atoms with E-state index in [4.69, 9.17) is 24.3 Å². The molecule has 336 valence electrons. The molecule has 0 aromatic heterocycles. The summed E-state index contributed by atoms with van der Waals surface area (Å²) in [5, 5.41) is 0. The SMILES string of the molecule is CC/C=C\C/C=C\C/C=C\C/C=C\CCCCCCCCC(=O)OCC(COP(=O)(O)OCCN)OC(=O)CCCCCCCC/C=C\C/C=C\C/C=C\C/C=C\CC. The van der Waals surface area contributed by atoms with E-state index in [2.05, 4.69) is 111 Å². The molecule has 0 spiro atoms. The van der Waals surface area contributed by atoms with E-state index in [-0.39, 0.29) is 32.6 Å². The molecule has 0 heterocycles. The summed E-state index contributed by atoms with van der Waals surface area (Å²) in [7, 11) is -4.39. The Morgan fingerprint density at radius 1 is 0.508 bits per heavy atom. The van der Waals surface area contributed by atoms with Gasteiger partial charge in [0, 0.05) is 19.4 Å². The number of carbonyl (C=O) groups excluding carboxylic acids is 2. The number of phosphoric ester groups is 1. The Bertz CT molecular complexity index is 1280. The Labute approximate surface area is 359 Å². The average molecular weight is 844 g/mol. The lowest BCUT2D eigenvalue weighted by atomic mass is 10.1. The van der Waals surface area contributed by atoms with Gasteiger partial charge in [-0.05, 0) is 89.9 Å². The Morgan fingerprint density at radius 2 is 0.881 bits per heavy atom. The summed E-state index contributed by atoms with van der Waals surface area (Å²) in [6, 6.07) is 0. The van der Waals surface area contributed by atoms with E-state index >= 15 is 0 Å². The largest absolute Gasteiger partial charge is 0.472 e. The molecule has 0 rings (SSSR count). The minimum Gasteiger partial charge on any atom is -0.462 e. The number of carbonyl (C=O) groups is 2. The van der Waals surface area contributed by atoms with Crippen molar-refractivity contribution in [1.29, 1.82) is 0 Å². The van der Waals surface area contributed by atoms with Crippen LogP contribution in [0.15, 0.2) is 97.2 Å². The van der Waals surface area contributed by atoms with Gasteiger partial charge in [-0.3, -0.25) is 18.6 Å². The Morgan fingerprint density at radius 3 is 1.31 bits per heavy atom. The van der Waals surface area contributed by atoms with Gasteiger partial charge in [0.05, 0.1) is 13.2 Å². The molecular weight excluding hydrogens is 762 g/mol. The molecule has 2 unspecified atom stereocenters. The molecule has 9 nitrogen and oxygen atoms in total. The zero-order chi connectivity index (χ0) is 43.2. The summed E-state index contributed by atoms with van der Waals surface area (Å²) in [4.78, 5) is 35.0. The van der Waals surface area contributed by atoms with E-state index < -0.39 is 32.5 Å². The molecule has 0 radical (unpaired) electrons. The number of hydrogen-bond acceptors (Lipinski definition) is 8. The lowest BCUT2D eigenvalue weighted by Gasteiger charge is -2.19. The van der Waals surface area contributed by atoms with Gasteiger partial charge < -0.3 is 20.1 Å². The molecule has 0 saturated carbocycles. The molecule has 0 aromatic rings. The number of ether oxygens (including phenoxy) is 2. The third kappa shape index (κ3) is 44.3. The number of esters is 2. The Kier molecular flexibility index (Phi) is 42.2. The Hall–Kier alpha value is -3.07. The zero-order valence-electron chi connectivity index (χ0n) is 36.9. The number of nitrogens with two attached hydrogens (primary N) is 1. The molecule has 10 heteroatoms. The number of phosphoric acid groups is 1. The summed E-state index contributed by atoms with van der Waals surface area (Å²) in [5.74, 6) is -0.870. The highest BCUT2D eigenvalue weighted by Gasteiger charge is 2.26. The molecule has 2 atom stereocenters. The maximum absolute atomic E-state index is 12.6. The highest BCUT2D eigenvalue weighted by atomic mass is 31.2. The first-order valence-electron chi connectivity index (χ1n) is 22.7. The topological polar surface area (TPSA) is 134 Å². The van der Waals surface area contributed by atoms with E-state index in [1.54, 1.807) is 0 Å². The van der Waals surface area contributed by atoms with Crippen molar-refractivity contribution in [3.8, 4) is 0 Å². The van der Waals surface area contributed by atoms with Crippen LogP contribution in [0.5, 0.6) is 0 Å². The molecule has 0 aliphatic rings. The number of allylic oxidation sites excluding steroid dienone is 16. The Balaban J connectivity index is 4.20. The average Bonchev–Trinajstić information content (AvgIpc) is 3.22. The molecule has 0 bridgehead atoms. The molecule has 0 aliphatic heterocycles. The lowest BCUT2D eigenvalue weighted by Crippen LogP contribution is -2.29. The minimum absolute atomic E-state index is 0.0429. The minimum atomic E-state index is -4.39. The van der Waals surface area contributed by atoms with Gasteiger partial charge >= 0.3 is 19.8 Å². The molecule has 0 aromatic carbocycles. The fourth-order valence-corrected chi connectivity index (χ4v) is 6.44. The summed E-state index contributed by atoms with van der Waals surface area (Å²) in [6.45, 7) is 3.46. The summed E-state index contributed by atoms with van der Waals surface area (Å²) < 4.78 is 32.8. The van der Waals surface area contributed by atoms with Crippen molar-refractivity contribution >= 4 is 19.8 Å². The van der Waals surface area contributed by atoms with E-state index in [9.17, 15) is 19.0 Å². The van der Waals surface area contributed by atoms with Crippen molar-refractivity contribution in [3.63, 3.8) is 0 Å². The fourth-order valence-electron chi connectivity index (χ4n) is 5.67. The van der Waals surface area contributed by atoms with Gasteiger partial charge in [-0.25, -0.2) is 4.57 Å². The van der Waals surface area contributed by atoms with Gasteiger partial charge in [0.2, 0.25) is 0 Å². The van der Waals surface area contributed by atoms with Gasteiger partial charge in [-0.2, -0.15) is 0 Å². The van der Waals surface area contributed by atoms with Gasteiger partial charge in [0.25, 0.3) is 0 Å². The van der Waals surface area contributed by atoms with Crippen LogP contribution in [-0.4, -0.2) is 49.3 Å². The predicted octanol–water partition coefficient (Wildman–Crippen LogP) is 13.4. The van der Waals surface area contributed by atoms with Crippen molar-refractivity contribution < 1.29 is 37.6 Å². The van der Waals surface area contributed by atoms with Gasteiger partial charge in [-0.1, -0.05) is 162 Å². The van der Waals surface area contributed by atoms with Crippen LogP contribution in [0.2, 0.25) is 0 Å². The molecule has 0 amide bonds. The van der Waals surface area contributed by atoms with E-state index in [0.29, 0.717) is 12.8 Å². The molecule has 0 saturated heterocycles. The number of hydrogen-bond donors (Lipinski definition) is 2. The fraction of sp³-hybridized carbons (Fsp3) is 0.633. The van der Waals surface area contributed by atoms with Crippen LogP contribution >= 0.6 is 7.82 Å². The maximum atomic E-state index is 12.6. The predicted molar refractivity (Wildman–Crippen MR) is 247 cm³/mol. The van der Waals surface area contributed by atoms with Crippen molar-refractivity contribution in [3.05, 3.63) is 97.2 Å². The van der Waals surface area contributed by atoms with Crippen LogP contribution in [-0.2, 0) is 32.7 Å². The second-order valence-electron chi connectivity index (χ2n) is 14.5. The summed E-state index contributed by atoms with van der Waals surface area (Å²) >= 11 is 0. The summed E-state index contributed by atoms with van der Waals surface area (Å²) in [6.07, 6.45) is 57.2. The normalized spacial score (nSPS) is 14.2. The van der Waals surface area contributed by atoms with Crippen LogP contribution in [0.25, 0.3) is 0 Å². The highest BCUT2D eigenvalue weighted by molar-refractivity contribution is 7.47. The van der Waals surface area contributed by atoms with Crippen LogP contribution in [0, 0.1) is 0 Å². The van der Waals surface area contributed by atoms with Gasteiger partial charge in [0.1, 0.15) is 6.61 Å².